The second kappa shape index (κ2) is 5.67. The summed E-state index contributed by atoms with van der Waals surface area (Å²) in [6.07, 6.45) is 2.96. The minimum Gasteiger partial charge on any atom is -0.496 e. The Morgan fingerprint density at radius 2 is 2.17 bits per heavy atom. The van der Waals surface area contributed by atoms with Gasteiger partial charge in [-0.2, -0.15) is 5.10 Å². The number of hydrogen-bond acceptors (Lipinski definition) is 4. The quantitative estimate of drug-likeness (QED) is 0.661. The molecule has 1 aromatic heterocycles. The summed E-state index contributed by atoms with van der Waals surface area (Å²) in [5.41, 5.74) is 2.83. The summed E-state index contributed by atoms with van der Waals surface area (Å²) in [5.74, 6) is 0.730. The van der Waals surface area contributed by atoms with E-state index in [-0.39, 0.29) is 5.91 Å². The fourth-order valence-corrected chi connectivity index (χ4v) is 1.41. The first kappa shape index (κ1) is 11.9. The van der Waals surface area contributed by atoms with Crippen LogP contribution in [0.15, 0.2) is 52.2 Å². The van der Waals surface area contributed by atoms with E-state index in [4.69, 9.17) is 9.15 Å². The molecule has 0 aliphatic heterocycles. The lowest BCUT2D eigenvalue weighted by molar-refractivity contribution is 0.0952. The van der Waals surface area contributed by atoms with E-state index in [1.165, 1.54) is 19.6 Å². The molecule has 0 saturated heterocycles. The fourth-order valence-electron chi connectivity index (χ4n) is 1.41. The zero-order valence-corrected chi connectivity index (χ0v) is 9.79. The van der Waals surface area contributed by atoms with E-state index in [9.17, 15) is 4.79 Å². The topological polar surface area (TPSA) is 63.8 Å². The lowest BCUT2D eigenvalue weighted by Gasteiger charge is -2.05. The van der Waals surface area contributed by atoms with E-state index in [0.29, 0.717) is 17.1 Å². The molecule has 2 rings (SSSR count). The summed E-state index contributed by atoms with van der Waals surface area (Å²) >= 11 is 0. The van der Waals surface area contributed by atoms with Crippen molar-refractivity contribution in [1.29, 1.82) is 0 Å². The summed E-state index contributed by atoms with van der Waals surface area (Å²) in [6, 6.07) is 10.4. The van der Waals surface area contributed by atoms with Crippen LogP contribution < -0.4 is 10.2 Å². The molecule has 0 atom stereocenters. The fraction of sp³-hybridized carbons (Fsp3) is 0.0769. The zero-order valence-electron chi connectivity index (χ0n) is 9.79. The average molecular weight is 244 g/mol. The lowest BCUT2D eigenvalue weighted by atomic mass is 10.2. The molecule has 18 heavy (non-hydrogen) atoms. The number of nitrogens with one attached hydrogen (secondary N) is 1. The molecule has 1 aromatic carbocycles. The van der Waals surface area contributed by atoms with Gasteiger partial charge in [0.25, 0.3) is 5.91 Å². The Morgan fingerprint density at radius 3 is 2.89 bits per heavy atom. The van der Waals surface area contributed by atoms with Gasteiger partial charge in [0.1, 0.15) is 11.5 Å². The predicted octanol–water partition coefficient (Wildman–Crippen LogP) is 2.05. The zero-order chi connectivity index (χ0) is 12.8. The molecule has 92 valence electrons. The molecule has 0 aliphatic carbocycles. The molecule has 0 unspecified atom stereocenters. The summed E-state index contributed by atoms with van der Waals surface area (Å²) < 4.78 is 10.1. The summed E-state index contributed by atoms with van der Waals surface area (Å²) in [4.78, 5) is 11.8. The van der Waals surface area contributed by atoms with E-state index in [2.05, 4.69) is 10.5 Å². The second-order valence-corrected chi connectivity index (χ2v) is 3.41. The minimum atomic E-state index is -0.338. The molecule has 0 aliphatic rings. The van der Waals surface area contributed by atoms with Crippen LogP contribution in [-0.4, -0.2) is 19.2 Å². The molecule has 1 heterocycles. The number of benzene rings is 1. The van der Waals surface area contributed by atoms with E-state index in [1.807, 2.05) is 0 Å². The van der Waals surface area contributed by atoms with Crippen molar-refractivity contribution in [3.8, 4) is 5.75 Å². The Balaban J connectivity index is 2.04. The first-order valence-electron chi connectivity index (χ1n) is 5.31. The number of ether oxygens (including phenoxy) is 1. The Morgan fingerprint density at radius 1 is 1.33 bits per heavy atom. The van der Waals surface area contributed by atoms with Crippen LogP contribution in [0.5, 0.6) is 5.75 Å². The Kier molecular flexibility index (Phi) is 3.76. The monoisotopic (exact) mass is 244 g/mol. The normalized spacial score (nSPS) is 10.5. The Labute approximate surface area is 104 Å². The van der Waals surface area contributed by atoms with Crippen LogP contribution in [0.2, 0.25) is 0 Å². The van der Waals surface area contributed by atoms with Crippen LogP contribution in [0, 0.1) is 0 Å². The van der Waals surface area contributed by atoms with Gasteiger partial charge in [0, 0.05) is 0 Å². The first-order chi connectivity index (χ1) is 8.81. The molecule has 2 aromatic rings. The molecule has 1 amide bonds. The maximum atomic E-state index is 11.8. The molecular weight excluding hydrogens is 232 g/mol. The van der Waals surface area contributed by atoms with Crippen LogP contribution in [0.3, 0.4) is 0 Å². The summed E-state index contributed by atoms with van der Waals surface area (Å²) in [5, 5.41) is 3.79. The highest BCUT2D eigenvalue weighted by atomic mass is 16.5. The maximum Gasteiger partial charge on any atom is 0.275 e. The summed E-state index contributed by atoms with van der Waals surface area (Å²) in [7, 11) is 1.51. The third kappa shape index (κ3) is 2.76. The highest BCUT2D eigenvalue weighted by Gasteiger charge is 2.09. The molecule has 0 spiro atoms. The van der Waals surface area contributed by atoms with Gasteiger partial charge in [0.05, 0.1) is 25.2 Å². The highest BCUT2D eigenvalue weighted by Crippen LogP contribution is 2.16. The van der Waals surface area contributed by atoms with Gasteiger partial charge in [0.2, 0.25) is 0 Å². The van der Waals surface area contributed by atoms with Crippen molar-refractivity contribution in [2.24, 2.45) is 5.10 Å². The highest BCUT2D eigenvalue weighted by molar-refractivity contribution is 5.97. The largest absolute Gasteiger partial charge is 0.496 e. The van der Waals surface area contributed by atoms with Gasteiger partial charge in [0.15, 0.2) is 0 Å². The van der Waals surface area contributed by atoms with E-state index < -0.39 is 0 Å². The van der Waals surface area contributed by atoms with E-state index in [0.717, 1.165) is 0 Å². The van der Waals surface area contributed by atoms with Gasteiger partial charge in [-0.25, -0.2) is 5.43 Å². The average Bonchev–Trinajstić information content (AvgIpc) is 2.91. The Hall–Kier alpha value is -2.56. The number of carbonyl (C=O) groups is 1. The number of hydrogen-bond donors (Lipinski definition) is 1. The number of rotatable bonds is 4. The van der Waals surface area contributed by atoms with Crippen LogP contribution in [0.1, 0.15) is 16.1 Å². The number of para-hydroxylation sites is 1. The number of methoxy groups -OCH3 is 1. The van der Waals surface area contributed by atoms with Gasteiger partial charge < -0.3 is 9.15 Å². The number of carbonyl (C=O) groups excluding carboxylic acids is 1. The molecule has 0 saturated carbocycles. The van der Waals surface area contributed by atoms with Crippen molar-refractivity contribution < 1.29 is 13.9 Å². The second-order valence-electron chi connectivity index (χ2n) is 3.41. The smallest absolute Gasteiger partial charge is 0.275 e. The molecule has 1 N–H and O–H groups in total. The van der Waals surface area contributed by atoms with Crippen molar-refractivity contribution in [3.63, 3.8) is 0 Å². The van der Waals surface area contributed by atoms with E-state index >= 15 is 0 Å². The van der Waals surface area contributed by atoms with Crippen molar-refractivity contribution in [3.05, 3.63) is 54.0 Å². The molecule has 5 heteroatoms. The maximum absolute atomic E-state index is 11.8. The molecular formula is C13H12N2O3. The number of hydrazone groups is 1. The van der Waals surface area contributed by atoms with Crippen LogP contribution in [0.25, 0.3) is 0 Å². The lowest BCUT2D eigenvalue weighted by Crippen LogP contribution is -2.18. The van der Waals surface area contributed by atoms with Gasteiger partial charge in [-0.05, 0) is 24.3 Å². The van der Waals surface area contributed by atoms with E-state index in [1.54, 1.807) is 36.4 Å². The van der Waals surface area contributed by atoms with Crippen LogP contribution in [0.4, 0.5) is 0 Å². The van der Waals surface area contributed by atoms with Crippen LogP contribution >= 0.6 is 0 Å². The van der Waals surface area contributed by atoms with Gasteiger partial charge in [-0.3, -0.25) is 4.79 Å². The molecule has 0 bridgehead atoms. The number of amides is 1. The molecule has 0 radical (unpaired) electrons. The van der Waals surface area contributed by atoms with Gasteiger partial charge >= 0.3 is 0 Å². The minimum absolute atomic E-state index is 0.338. The van der Waals surface area contributed by atoms with Crippen molar-refractivity contribution in [2.75, 3.05) is 7.11 Å². The third-order valence-corrected chi connectivity index (χ3v) is 2.25. The van der Waals surface area contributed by atoms with Crippen LogP contribution in [-0.2, 0) is 0 Å². The SMILES string of the molecule is COc1ccccc1C(=O)N/N=C/c1ccco1. The molecule has 5 nitrogen and oxygen atoms in total. The van der Waals surface area contributed by atoms with Crippen molar-refractivity contribution in [1.82, 2.24) is 5.43 Å². The third-order valence-electron chi connectivity index (χ3n) is 2.25. The Bertz CT molecular complexity index is 547. The summed E-state index contributed by atoms with van der Waals surface area (Å²) in [6.45, 7) is 0. The van der Waals surface area contributed by atoms with Crippen molar-refractivity contribution >= 4 is 12.1 Å². The standard InChI is InChI=1S/C13H12N2O3/c1-17-12-7-3-2-6-11(12)13(16)15-14-9-10-5-4-8-18-10/h2-9H,1H3,(H,15,16)/b14-9+. The van der Waals surface area contributed by atoms with Gasteiger partial charge in [-0.1, -0.05) is 12.1 Å². The predicted molar refractivity (Wildman–Crippen MR) is 66.8 cm³/mol. The van der Waals surface area contributed by atoms with Gasteiger partial charge in [-0.15, -0.1) is 0 Å². The van der Waals surface area contributed by atoms with Crippen molar-refractivity contribution in [2.45, 2.75) is 0 Å². The molecule has 0 fully saturated rings. The number of furan rings is 1. The number of nitrogens with zero attached hydrogens (tertiary/aromatic N) is 1. The first-order valence-corrected chi connectivity index (χ1v) is 5.31.